The highest BCUT2D eigenvalue weighted by Crippen LogP contribution is 2.40. The molecule has 11 heteroatoms. The number of rotatable bonds is 5. The quantitative estimate of drug-likeness (QED) is 0.393. The topological polar surface area (TPSA) is 71.2 Å². The lowest BCUT2D eigenvalue weighted by Crippen LogP contribution is -2.23. The number of hydrogen-bond acceptors (Lipinski definition) is 5. The van der Waals surface area contributed by atoms with E-state index >= 15 is 0 Å². The molecule has 180 valence electrons. The second-order valence-electron chi connectivity index (χ2n) is 7.91. The van der Waals surface area contributed by atoms with Gasteiger partial charge >= 0.3 is 6.18 Å². The molecule has 3 heterocycles. The maximum atomic E-state index is 13.2. The number of benzene rings is 2. The van der Waals surface area contributed by atoms with Crippen LogP contribution in [0.1, 0.15) is 17.0 Å². The lowest BCUT2D eigenvalue weighted by molar-refractivity contribution is -0.141. The van der Waals surface area contributed by atoms with Gasteiger partial charge in [-0.05, 0) is 35.9 Å². The zero-order chi connectivity index (χ0) is 24.7. The van der Waals surface area contributed by atoms with Crippen LogP contribution in [-0.2, 0) is 19.1 Å². The summed E-state index contributed by atoms with van der Waals surface area (Å²) in [5, 5.41) is 7.22. The first kappa shape index (κ1) is 23.0. The minimum atomic E-state index is -4.64. The molecule has 0 amide bonds. The van der Waals surface area contributed by atoms with Crippen molar-refractivity contribution in [2.75, 3.05) is 13.7 Å². The summed E-state index contributed by atoms with van der Waals surface area (Å²) >= 11 is 6.23. The number of nitrogens with zero attached hydrogens (tertiary/aromatic N) is 4. The molecule has 1 aliphatic heterocycles. The summed E-state index contributed by atoms with van der Waals surface area (Å²) in [5.41, 5.74) is 1.31. The van der Waals surface area contributed by atoms with Gasteiger partial charge in [-0.25, -0.2) is 4.68 Å². The molecular weight excluding hydrogens is 485 g/mol. The van der Waals surface area contributed by atoms with Gasteiger partial charge in [-0.15, -0.1) is 5.10 Å². The van der Waals surface area contributed by atoms with E-state index in [1.165, 1.54) is 18.2 Å². The minimum Gasteiger partial charge on any atom is -0.497 e. The summed E-state index contributed by atoms with van der Waals surface area (Å²) in [5.74, 6) is 1.19. The molecule has 4 aromatic rings. The van der Waals surface area contributed by atoms with Gasteiger partial charge in [0.1, 0.15) is 11.5 Å². The van der Waals surface area contributed by atoms with Crippen LogP contribution in [0.4, 0.5) is 13.2 Å². The van der Waals surface area contributed by atoms with Crippen LogP contribution >= 0.6 is 11.6 Å². The first-order valence-corrected chi connectivity index (χ1v) is 10.9. The number of pyridine rings is 1. The molecule has 7 nitrogen and oxygen atoms in total. The molecule has 0 saturated carbocycles. The number of methoxy groups -OCH3 is 1. The Labute approximate surface area is 202 Å². The Kier molecular flexibility index (Phi) is 5.76. The van der Waals surface area contributed by atoms with Gasteiger partial charge < -0.3 is 14.0 Å². The number of fused-ring (bicyclic) bond motifs is 1. The molecule has 0 radical (unpaired) electrons. The van der Waals surface area contributed by atoms with Crippen LogP contribution in [0.5, 0.6) is 11.5 Å². The molecule has 35 heavy (non-hydrogen) atoms. The Morgan fingerprint density at radius 2 is 1.89 bits per heavy atom. The predicted molar refractivity (Wildman–Crippen MR) is 122 cm³/mol. The number of ether oxygens (including phenoxy) is 2. The zero-order valence-corrected chi connectivity index (χ0v) is 19.1. The van der Waals surface area contributed by atoms with Gasteiger partial charge in [-0.2, -0.15) is 13.2 Å². The van der Waals surface area contributed by atoms with Gasteiger partial charge in [0.05, 0.1) is 37.8 Å². The van der Waals surface area contributed by atoms with Crippen molar-refractivity contribution in [3.8, 4) is 28.3 Å². The van der Waals surface area contributed by atoms with E-state index in [2.05, 4.69) is 10.3 Å². The van der Waals surface area contributed by atoms with Crippen LogP contribution in [-0.4, -0.2) is 33.3 Å². The predicted octanol–water partition coefficient (Wildman–Crippen LogP) is 4.76. The molecule has 2 aromatic heterocycles. The molecule has 2 aromatic carbocycles. The Balaban J connectivity index is 1.62. The number of hydrogen-bond donors (Lipinski definition) is 0. The van der Waals surface area contributed by atoms with E-state index in [9.17, 15) is 18.0 Å². The van der Waals surface area contributed by atoms with Crippen molar-refractivity contribution in [1.82, 2.24) is 19.6 Å². The third kappa shape index (κ3) is 4.37. The molecule has 0 saturated heterocycles. The standard InChI is InChI=1S/C24H18ClF3N4O3/c1-34-16-5-2-14(3-6-16)12-31-20-8-9-35-23(20)18(11-22(31)33)17-10-15(25)4-7-19(17)32-13-21(29-30-32)24(26,27)28/h2-7,10-11,13H,8-9,12H2,1H3. The van der Waals surface area contributed by atoms with Crippen LogP contribution in [0, 0.1) is 0 Å². The highest BCUT2D eigenvalue weighted by atomic mass is 35.5. The second-order valence-corrected chi connectivity index (χ2v) is 8.35. The van der Waals surface area contributed by atoms with Crippen molar-refractivity contribution >= 4 is 11.6 Å². The summed E-state index contributed by atoms with van der Waals surface area (Å²) in [7, 11) is 1.58. The fraction of sp³-hybridized carbons (Fsp3) is 0.208. The monoisotopic (exact) mass is 502 g/mol. The third-order valence-corrected chi connectivity index (χ3v) is 5.97. The summed E-state index contributed by atoms with van der Waals surface area (Å²) in [6.07, 6.45) is -3.35. The number of alkyl halides is 3. The fourth-order valence-electron chi connectivity index (χ4n) is 4.06. The van der Waals surface area contributed by atoms with Gasteiger partial charge in [0.15, 0.2) is 5.69 Å². The van der Waals surface area contributed by atoms with Gasteiger partial charge in [0.2, 0.25) is 0 Å². The second kappa shape index (κ2) is 8.77. The van der Waals surface area contributed by atoms with E-state index in [-0.39, 0.29) is 11.2 Å². The molecule has 0 N–H and O–H groups in total. The molecular formula is C24H18ClF3N4O3. The van der Waals surface area contributed by atoms with E-state index in [4.69, 9.17) is 21.1 Å². The zero-order valence-electron chi connectivity index (χ0n) is 18.3. The van der Waals surface area contributed by atoms with E-state index in [1.54, 1.807) is 17.7 Å². The highest BCUT2D eigenvalue weighted by molar-refractivity contribution is 6.31. The first-order chi connectivity index (χ1) is 16.7. The third-order valence-electron chi connectivity index (χ3n) is 5.73. The maximum absolute atomic E-state index is 13.2. The Morgan fingerprint density at radius 3 is 2.57 bits per heavy atom. The molecule has 0 fully saturated rings. The van der Waals surface area contributed by atoms with Gasteiger partial charge in [-0.1, -0.05) is 28.9 Å². The van der Waals surface area contributed by atoms with Crippen molar-refractivity contribution in [3.05, 3.63) is 87.1 Å². The van der Waals surface area contributed by atoms with Crippen molar-refractivity contribution in [3.63, 3.8) is 0 Å². The summed E-state index contributed by atoms with van der Waals surface area (Å²) < 4.78 is 53.0. The molecule has 0 bridgehead atoms. The lowest BCUT2D eigenvalue weighted by atomic mass is 10.0. The molecule has 0 aliphatic carbocycles. The largest absolute Gasteiger partial charge is 0.497 e. The SMILES string of the molecule is COc1ccc(Cn2c3c(c(-c4cc(Cl)ccc4-n4cc(C(F)(F)F)nn4)cc2=O)OCC3)cc1. The van der Waals surface area contributed by atoms with Gasteiger partial charge in [0.25, 0.3) is 5.56 Å². The van der Waals surface area contributed by atoms with Crippen LogP contribution in [0.25, 0.3) is 16.8 Å². The average molecular weight is 503 g/mol. The summed E-state index contributed by atoms with van der Waals surface area (Å²) in [6.45, 7) is 0.696. The van der Waals surface area contributed by atoms with Crippen molar-refractivity contribution in [1.29, 1.82) is 0 Å². The fourth-order valence-corrected chi connectivity index (χ4v) is 4.23. The molecule has 1 aliphatic rings. The van der Waals surface area contributed by atoms with Crippen LogP contribution in [0.15, 0.2) is 59.5 Å². The summed E-state index contributed by atoms with van der Waals surface area (Å²) in [4.78, 5) is 13.2. The van der Waals surface area contributed by atoms with E-state index in [0.29, 0.717) is 52.9 Å². The van der Waals surface area contributed by atoms with Gasteiger partial charge in [0, 0.05) is 28.6 Å². The van der Waals surface area contributed by atoms with E-state index < -0.39 is 11.9 Å². The Hall–Kier alpha value is -3.79. The van der Waals surface area contributed by atoms with E-state index in [0.717, 1.165) is 16.4 Å². The van der Waals surface area contributed by atoms with Crippen molar-refractivity contribution in [2.45, 2.75) is 19.1 Å². The normalized spacial score (nSPS) is 12.9. The lowest BCUT2D eigenvalue weighted by Gasteiger charge is -2.17. The average Bonchev–Trinajstić information content (AvgIpc) is 3.51. The van der Waals surface area contributed by atoms with E-state index in [1.807, 2.05) is 24.3 Å². The van der Waals surface area contributed by atoms with Crippen LogP contribution in [0.2, 0.25) is 5.02 Å². The first-order valence-electron chi connectivity index (χ1n) is 10.6. The maximum Gasteiger partial charge on any atom is 0.436 e. The molecule has 0 unspecified atom stereocenters. The van der Waals surface area contributed by atoms with Gasteiger partial charge in [-0.3, -0.25) is 4.79 Å². The van der Waals surface area contributed by atoms with Crippen LogP contribution in [0.3, 0.4) is 0 Å². The van der Waals surface area contributed by atoms with Crippen molar-refractivity contribution in [2.24, 2.45) is 0 Å². The number of halogens is 4. The smallest absolute Gasteiger partial charge is 0.436 e. The minimum absolute atomic E-state index is 0.277. The molecule has 0 spiro atoms. The number of aromatic nitrogens is 4. The van der Waals surface area contributed by atoms with Crippen molar-refractivity contribution < 1.29 is 22.6 Å². The highest BCUT2D eigenvalue weighted by Gasteiger charge is 2.35. The Morgan fingerprint density at radius 1 is 1.11 bits per heavy atom. The molecule has 0 atom stereocenters. The summed E-state index contributed by atoms with van der Waals surface area (Å²) in [6, 6.07) is 13.4. The molecule has 5 rings (SSSR count). The van der Waals surface area contributed by atoms with Crippen LogP contribution < -0.4 is 15.0 Å². The Bertz CT molecular complexity index is 1460.